The minimum absolute atomic E-state index is 0.0666. The van der Waals surface area contributed by atoms with Gasteiger partial charge in [-0.25, -0.2) is 0 Å². The van der Waals surface area contributed by atoms with Gasteiger partial charge in [-0.2, -0.15) is 5.10 Å². The van der Waals surface area contributed by atoms with Gasteiger partial charge in [0.1, 0.15) is 0 Å². The SMILES string of the molecule is CCCc1[nH]nc(C(=O)NC2CCCOC2)c1N. The van der Waals surface area contributed by atoms with E-state index in [0.717, 1.165) is 38.0 Å². The van der Waals surface area contributed by atoms with Crippen molar-refractivity contribution in [2.45, 2.75) is 38.6 Å². The average Bonchev–Trinajstić information content (AvgIpc) is 2.73. The van der Waals surface area contributed by atoms with Gasteiger partial charge in [-0.15, -0.1) is 0 Å². The molecule has 1 aliphatic heterocycles. The first kappa shape index (κ1) is 12.9. The third-order valence-electron chi connectivity index (χ3n) is 3.09. The largest absolute Gasteiger partial charge is 0.395 e. The average molecular weight is 252 g/mol. The second kappa shape index (κ2) is 5.86. The third kappa shape index (κ3) is 2.81. The van der Waals surface area contributed by atoms with Crippen molar-refractivity contribution in [1.29, 1.82) is 0 Å². The highest BCUT2D eigenvalue weighted by atomic mass is 16.5. The van der Waals surface area contributed by atoms with E-state index < -0.39 is 0 Å². The van der Waals surface area contributed by atoms with E-state index in [9.17, 15) is 4.79 Å². The van der Waals surface area contributed by atoms with E-state index >= 15 is 0 Å². The van der Waals surface area contributed by atoms with Crippen LogP contribution in [0.15, 0.2) is 0 Å². The van der Waals surface area contributed by atoms with Crippen LogP contribution in [0.25, 0.3) is 0 Å². The van der Waals surface area contributed by atoms with E-state index in [1.54, 1.807) is 0 Å². The van der Waals surface area contributed by atoms with Crippen molar-refractivity contribution >= 4 is 11.6 Å². The molecule has 2 rings (SSSR count). The summed E-state index contributed by atoms with van der Waals surface area (Å²) in [5.41, 5.74) is 7.50. The van der Waals surface area contributed by atoms with E-state index in [1.807, 2.05) is 0 Å². The summed E-state index contributed by atoms with van der Waals surface area (Å²) < 4.78 is 5.32. The molecule has 1 aromatic rings. The number of ether oxygens (including phenoxy) is 1. The zero-order valence-corrected chi connectivity index (χ0v) is 10.7. The van der Waals surface area contributed by atoms with Gasteiger partial charge in [0.25, 0.3) is 5.91 Å². The maximum Gasteiger partial charge on any atom is 0.274 e. The Labute approximate surface area is 106 Å². The number of aromatic nitrogens is 2. The Morgan fingerprint density at radius 2 is 2.50 bits per heavy atom. The highest BCUT2D eigenvalue weighted by Crippen LogP contribution is 2.16. The molecular formula is C12H20N4O2. The van der Waals surface area contributed by atoms with Gasteiger partial charge in [0.05, 0.1) is 24.0 Å². The predicted molar refractivity (Wildman–Crippen MR) is 68.3 cm³/mol. The van der Waals surface area contributed by atoms with E-state index in [1.165, 1.54) is 0 Å². The van der Waals surface area contributed by atoms with Gasteiger partial charge in [-0.1, -0.05) is 13.3 Å². The predicted octanol–water partition coefficient (Wildman–Crippen LogP) is 0.853. The molecule has 1 aliphatic rings. The molecule has 6 heteroatoms. The first-order chi connectivity index (χ1) is 8.72. The van der Waals surface area contributed by atoms with Gasteiger partial charge in [-0.3, -0.25) is 9.89 Å². The molecule has 0 radical (unpaired) electrons. The van der Waals surface area contributed by atoms with Gasteiger partial charge in [0, 0.05) is 6.61 Å². The summed E-state index contributed by atoms with van der Waals surface area (Å²) in [7, 11) is 0. The number of nitrogens with zero attached hydrogens (tertiary/aromatic N) is 1. The lowest BCUT2D eigenvalue weighted by atomic mass is 10.1. The maximum absolute atomic E-state index is 12.0. The molecule has 2 heterocycles. The number of rotatable bonds is 4. The van der Waals surface area contributed by atoms with Crippen LogP contribution in [-0.4, -0.2) is 35.4 Å². The Morgan fingerprint density at radius 3 is 3.17 bits per heavy atom. The van der Waals surface area contributed by atoms with Crippen LogP contribution < -0.4 is 11.1 Å². The topological polar surface area (TPSA) is 93.0 Å². The number of nitrogens with two attached hydrogens (primary N) is 1. The van der Waals surface area contributed by atoms with Crippen molar-refractivity contribution < 1.29 is 9.53 Å². The fourth-order valence-electron chi connectivity index (χ4n) is 2.11. The monoisotopic (exact) mass is 252 g/mol. The van der Waals surface area contributed by atoms with Crippen molar-refractivity contribution in [3.63, 3.8) is 0 Å². The van der Waals surface area contributed by atoms with Gasteiger partial charge in [0.15, 0.2) is 5.69 Å². The van der Waals surface area contributed by atoms with Crippen LogP contribution in [0.5, 0.6) is 0 Å². The van der Waals surface area contributed by atoms with E-state index in [4.69, 9.17) is 10.5 Å². The van der Waals surface area contributed by atoms with Gasteiger partial charge < -0.3 is 15.8 Å². The van der Waals surface area contributed by atoms with E-state index in [2.05, 4.69) is 22.4 Å². The lowest BCUT2D eigenvalue weighted by molar-refractivity contribution is 0.0622. The first-order valence-corrected chi connectivity index (χ1v) is 6.43. The second-order valence-electron chi connectivity index (χ2n) is 4.60. The molecule has 1 unspecified atom stereocenters. The summed E-state index contributed by atoms with van der Waals surface area (Å²) in [6, 6.07) is 0.0666. The Hall–Kier alpha value is -1.56. The number of aromatic amines is 1. The number of nitrogen functional groups attached to an aromatic ring is 1. The molecule has 0 spiro atoms. The molecule has 4 N–H and O–H groups in total. The number of aryl methyl sites for hydroxylation is 1. The normalized spacial score (nSPS) is 19.7. The number of hydrogen-bond donors (Lipinski definition) is 3. The smallest absolute Gasteiger partial charge is 0.274 e. The highest BCUT2D eigenvalue weighted by molar-refractivity contribution is 5.97. The lowest BCUT2D eigenvalue weighted by Crippen LogP contribution is -2.41. The molecule has 100 valence electrons. The van der Waals surface area contributed by atoms with Gasteiger partial charge in [0.2, 0.25) is 0 Å². The van der Waals surface area contributed by atoms with E-state index in [-0.39, 0.29) is 11.9 Å². The standard InChI is InChI=1S/C12H20N4O2/c1-2-4-9-10(13)11(16-15-9)12(17)14-8-5-3-6-18-7-8/h8H,2-7,13H2,1H3,(H,14,17)(H,15,16). The van der Waals surface area contributed by atoms with Crippen LogP contribution in [-0.2, 0) is 11.2 Å². The Kier molecular flexibility index (Phi) is 4.19. The van der Waals surface area contributed by atoms with Gasteiger partial charge >= 0.3 is 0 Å². The van der Waals surface area contributed by atoms with E-state index in [0.29, 0.717) is 18.0 Å². The molecule has 0 saturated carbocycles. The maximum atomic E-state index is 12.0. The zero-order valence-electron chi connectivity index (χ0n) is 10.7. The number of amides is 1. The molecule has 6 nitrogen and oxygen atoms in total. The fourth-order valence-corrected chi connectivity index (χ4v) is 2.11. The van der Waals surface area contributed by atoms with Crippen LogP contribution in [0.2, 0.25) is 0 Å². The van der Waals surface area contributed by atoms with Gasteiger partial charge in [-0.05, 0) is 19.3 Å². The minimum Gasteiger partial charge on any atom is -0.395 e. The molecule has 18 heavy (non-hydrogen) atoms. The summed E-state index contributed by atoms with van der Waals surface area (Å²) in [6.07, 6.45) is 3.68. The summed E-state index contributed by atoms with van der Waals surface area (Å²) >= 11 is 0. The molecular weight excluding hydrogens is 232 g/mol. The molecule has 1 saturated heterocycles. The summed E-state index contributed by atoms with van der Waals surface area (Å²) in [5, 5.41) is 9.73. The lowest BCUT2D eigenvalue weighted by Gasteiger charge is -2.22. The molecule has 1 amide bonds. The molecule has 1 fully saturated rings. The molecule has 0 aromatic carbocycles. The van der Waals surface area contributed by atoms with Crippen LogP contribution in [0.4, 0.5) is 5.69 Å². The second-order valence-corrected chi connectivity index (χ2v) is 4.60. The number of anilines is 1. The van der Waals surface area contributed by atoms with Crippen LogP contribution in [0.3, 0.4) is 0 Å². The van der Waals surface area contributed by atoms with Crippen LogP contribution >= 0.6 is 0 Å². The third-order valence-corrected chi connectivity index (χ3v) is 3.09. The number of carbonyl (C=O) groups is 1. The van der Waals surface area contributed by atoms with Crippen molar-refractivity contribution in [2.24, 2.45) is 0 Å². The van der Waals surface area contributed by atoms with Crippen molar-refractivity contribution in [3.8, 4) is 0 Å². The summed E-state index contributed by atoms with van der Waals surface area (Å²) in [4.78, 5) is 12.0. The number of H-pyrrole nitrogens is 1. The Bertz CT molecular complexity index is 410. The Balaban J connectivity index is 1.99. The quantitative estimate of drug-likeness (QED) is 0.740. The molecule has 0 aliphatic carbocycles. The van der Waals surface area contributed by atoms with Crippen LogP contribution in [0, 0.1) is 0 Å². The summed E-state index contributed by atoms with van der Waals surface area (Å²) in [6.45, 7) is 3.40. The van der Waals surface area contributed by atoms with Crippen molar-refractivity contribution in [2.75, 3.05) is 18.9 Å². The minimum atomic E-state index is -0.221. The summed E-state index contributed by atoms with van der Waals surface area (Å²) in [5.74, 6) is -0.221. The van der Waals surface area contributed by atoms with Crippen LogP contribution in [0.1, 0.15) is 42.4 Å². The molecule has 1 aromatic heterocycles. The van der Waals surface area contributed by atoms with Crippen molar-refractivity contribution in [3.05, 3.63) is 11.4 Å². The first-order valence-electron chi connectivity index (χ1n) is 6.43. The number of hydrogen-bond acceptors (Lipinski definition) is 4. The fraction of sp³-hybridized carbons (Fsp3) is 0.667. The highest BCUT2D eigenvalue weighted by Gasteiger charge is 2.21. The molecule has 0 bridgehead atoms. The molecule has 1 atom stereocenters. The Morgan fingerprint density at radius 1 is 1.67 bits per heavy atom. The number of carbonyl (C=O) groups excluding carboxylic acids is 1. The zero-order chi connectivity index (χ0) is 13.0. The van der Waals surface area contributed by atoms with Crippen molar-refractivity contribution in [1.82, 2.24) is 15.5 Å². The number of nitrogens with one attached hydrogen (secondary N) is 2.